The summed E-state index contributed by atoms with van der Waals surface area (Å²) in [5, 5.41) is 0. The second-order valence-electron chi connectivity index (χ2n) is 6.07. The molecule has 0 bridgehead atoms. The lowest BCUT2D eigenvalue weighted by Gasteiger charge is -2.21. The quantitative estimate of drug-likeness (QED) is 0.796. The molecule has 0 saturated heterocycles. The predicted molar refractivity (Wildman–Crippen MR) is 82.9 cm³/mol. The van der Waals surface area contributed by atoms with E-state index in [1.165, 1.54) is 12.1 Å². The Balaban J connectivity index is 2.55. The Kier molecular flexibility index (Phi) is 4.08. The highest BCUT2D eigenvalue weighted by Crippen LogP contribution is 2.40. The van der Waals surface area contributed by atoms with Gasteiger partial charge in [0.2, 0.25) is 5.76 Å². The Bertz CT molecular complexity index is 724. The number of benzene rings is 1. The molecule has 1 aliphatic heterocycles. The molecule has 5 nitrogen and oxygen atoms in total. The number of hydrogen-bond donors (Lipinski definition) is 0. The van der Waals surface area contributed by atoms with Gasteiger partial charge in [0.1, 0.15) is 5.60 Å². The fourth-order valence-corrected chi connectivity index (χ4v) is 3.03. The topological polar surface area (TPSA) is 69.7 Å². The van der Waals surface area contributed by atoms with Crippen LogP contribution in [0.1, 0.15) is 33.3 Å². The zero-order valence-corrected chi connectivity index (χ0v) is 14.2. The van der Waals surface area contributed by atoms with E-state index in [-0.39, 0.29) is 16.8 Å². The summed E-state index contributed by atoms with van der Waals surface area (Å²) in [7, 11) is -3.26. The van der Waals surface area contributed by atoms with Crippen LogP contribution in [0.15, 0.2) is 34.9 Å². The van der Waals surface area contributed by atoms with Crippen molar-refractivity contribution >= 4 is 21.4 Å². The molecule has 0 fully saturated rings. The second kappa shape index (κ2) is 5.43. The molecule has 120 valence electrons. The van der Waals surface area contributed by atoms with Crippen LogP contribution in [0.2, 0.25) is 0 Å². The number of esters is 1. The Hall–Kier alpha value is -1.82. The summed E-state index contributed by atoms with van der Waals surface area (Å²) in [5.41, 5.74) is 0.513. The molecule has 1 aromatic carbocycles. The van der Waals surface area contributed by atoms with Crippen LogP contribution in [0, 0.1) is 0 Å². The lowest BCUT2D eigenvalue weighted by molar-refractivity contribution is -0.147. The van der Waals surface area contributed by atoms with E-state index in [0.717, 1.165) is 6.26 Å². The predicted octanol–water partition coefficient (Wildman–Crippen LogP) is 2.56. The highest BCUT2D eigenvalue weighted by Gasteiger charge is 2.43. The fourth-order valence-electron chi connectivity index (χ4n) is 2.39. The van der Waals surface area contributed by atoms with Crippen LogP contribution in [0.4, 0.5) is 0 Å². The van der Waals surface area contributed by atoms with E-state index in [2.05, 4.69) is 0 Å². The molecule has 1 heterocycles. The van der Waals surface area contributed by atoms with Gasteiger partial charge in [0.25, 0.3) is 0 Å². The number of cyclic esters (lactones) is 1. The van der Waals surface area contributed by atoms with Crippen molar-refractivity contribution in [3.63, 3.8) is 0 Å². The van der Waals surface area contributed by atoms with Crippen molar-refractivity contribution in [3.8, 4) is 0 Å². The van der Waals surface area contributed by atoms with Crippen molar-refractivity contribution in [2.75, 3.05) is 6.26 Å². The van der Waals surface area contributed by atoms with Crippen molar-refractivity contribution in [1.82, 2.24) is 0 Å². The minimum absolute atomic E-state index is 0.165. The van der Waals surface area contributed by atoms with E-state index in [4.69, 9.17) is 9.47 Å². The Labute approximate surface area is 130 Å². The monoisotopic (exact) mass is 324 g/mol. The molecule has 0 aliphatic carbocycles. The molecule has 0 saturated carbocycles. The standard InChI is InChI=1S/C16H20O5S/c1-10(2)20-14-13(16(3,4)21-15(14)17)11-6-8-12(9-7-11)22(5,18)19/h6-10H,1-5H3. The second-order valence-corrected chi connectivity index (χ2v) is 8.08. The summed E-state index contributed by atoms with van der Waals surface area (Å²) in [6.07, 6.45) is 0.988. The lowest BCUT2D eigenvalue weighted by Crippen LogP contribution is -2.22. The number of rotatable bonds is 4. The van der Waals surface area contributed by atoms with Gasteiger partial charge in [-0.1, -0.05) is 12.1 Å². The van der Waals surface area contributed by atoms with E-state index in [9.17, 15) is 13.2 Å². The van der Waals surface area contributed by atoms with Gasteiger partial charge in [-0.15, -0.1) is 0 Å². The summed E-state index contributed by atoms with van der Waals surface area (Å²) < 4.78 is 34.1. The van der Waals surface area contributed by atoms with Crippen molar-refractivity contribution in [2.24, 2.45) is 0 Å². The van der Waals surface area contributed by atoms with Gasteiger partial charge in [-0.25, -0.2) is 13.2 Å². The average Bonchev–Trinajstić information content (AvgIpc) is 2.57. The van der Waals surface area contributed by atoms with Crippen LogP contribution < -0.4 is 0 Å². The maximum absolute atomic E-state index is 12.0. The van der Waals surface area contributed by atoms with Crippen molar-refractivity contribution in [3.05, 3.63) is 35.6 Å². The maximum Gasteiger partial charge on any atom is 0.374 e. The van der Waals surface area contributed by atoms with Crippen LogP contribution >= 0.6 is 0 Å². The first-order valence-corrected chi connectivity index (χ1v) is 8.87. The summed E-state index contributed by atoms with van der Waals surface area (Å²) in [4.78, 5) is 12.3. The Morgan fingerprint density at radius 2 is 1.68 bits per heavy atom. The van der Waals surface area contributed by atoms with Gasteiger partial charge >= 0.3 is 5.97 Å². The number of hydrogen-bond acceptors (Lipinski definition) is 5. The molecule has 2 rings (SSSR count). The number of ether oxygens (including phenoxy) is 2. The van der Waals surface area contributed by atoms with E-state index < -0.39 is 21.4 Å². The first-order valence-electron chi connectivity index (χ1n) is 6.97. The average molecular weight is 324 g/mol. The first-order chi connectivity index (χ1) is 10.0. The van der Waals surface area contributed by atoms with Crippen molar-refractivity contribution in [1.29, 1.82) is 0 Å². The summed E-state index contributed by atoms with van der Waals surface area (Å²) in [6, 6.07) is 6.37. The highest BCUT2D eigenvalue weighted by molar-refractivity contribution is 7.90. The molecule has 0 aromatic heterocycles. The molecule has 6 heteroatoms. The third-order valence-corrected chi connectivity index (χ3v) is 4.42. The Morgan fingerprint density at radius 1 is 1.14 bits per heavy atom. The van der Waals surface area contributed by atoms with Crippen molar-refractivity contribution in [2.45, 2.75) is 44.3 Å². The normalized spacial score (nSPS) is 17.8. The van der Waals surface area contributed by atoms with E-state index in [0.29, 0.717) is 11.1 Å². The number of sulfone groups is 1. The maximum atomic E-state index is 12.0. The molecule has 0 atom stereocenters. The van der Waals surface area contributed by atoms with Crippen LogP contribution in [0.3, 0.4) is 0 Å². The smallest absolute Gasteiger partial charge is 0.374 e. The highest BCUT2D eigenvalue weighted by atomic mass is 32.2. The van der Waals surface area contributed by atoms with Crippen LogP contribution in [0.25, 0.3) is 5.57 Å². The molecular formula is C16H20O5S. The Morgan fingerprint density at radius 3 is 2.14 bits per heavy atom. The zero-order valence-electron chi connectivity index (χ0n) is 13.3. The molecule has 1 aliphatic rings. The molecular weight excluding hydrogens is 304 g/mol. The minimum atomic E-state index is -3.26. The lowest BCUT2D eigenvalue weighted by atomic mass is 9.92. The third kappa shape index (κ3) is 3.16. The molecule has 22 heavy (non-hydrogen) atoms. The van der Waals surface area contributed by atoms with Crippen LogP contribution in [-0.2, 0) is 24.1 Å². The van der Waals surface area contributed by atoms with E-state index in [1.54, 1.807) is 26.0 Å². The van der Waals surface area contributed by atoms with Gasteiger partial charge in [0.05, 0.1) is 16.6 Å². The van der Waals surface area contributed by atoms with Gasteiger partial charge in [0.15, 0.2) is 9.84 Å². The molecule has 0 N–H and O–H groups in total. The number of carbonyl (C=O) groups is 1. The SMILES string of the molecule is CC(C)OC1=C(c2ccc(S(C)(=O)=O)cc2)C(C)(C)OC1=O. The molecule has 1 aromatic rings. The summed E-state index contributed by atoms with van der Waals surface area (Å²) in [5.74, 6) is -0.312. The van der Waals surface area contributed by atoms with Crippen LogP contribution in [-0.4, -0.2) is 32.3 Å². The summed E-state index contributed by atoms with van der Waals surface area (Å²) in [6.45, 7) is 7.22. The van der Waals surface area contributed by atoms with Gasteiger partial charge in [-0.2, -0.15) is 0 Å². The minimum Gasteiger partial charge on any atom is -0.484 e. The van der Waals surface area contributed by atoms with Gasteiger partial charge in [-0.05, 0) is 45.4 Å². The van der Waals surface area contributed by atoms with E-state index >= 15 is 0 Å². The molecule has 0 unspecified atom stereocenters. The van der Waals surface area contributed by atoms with Gasteiger partial charge in [-0.3, -0.25) is 0 Å². The van der Waals surface area contributed by atoms with Crippen LogP contribution in [0.5, 0.6) is 0 Å². The zero-order chi connectivity index (χ0) is 16.7. The molecule has 0 radical (unpaired) electrons. The first kappa shape index (κ1) is 16.5. The van der Waals surface area contributed by atoms with E-state index in [1.807, 2.05) is 13.8 Å². The third-order valence-electron chi connectivity index (χ3n) is 3.29. The van der Waals surface area contributed by atoms with Crippen molar-refractivity contribution < 1.29 is 22.7 Å². The number of carbonyl (C=O) groups excluding carboxylic acids is 1. The summed E-state index contributed by atoms with van der Waals surface area (Å²) >= 11 is 0. The van der Waals surface area contributed by atoms with Gasteiger partial charge in [0, 0.05) is 6.26 Å². The molecule has 0 spiro atoms. The largest absolute Gasteiger partial charge is 0.484 e. The molecule has 0 amide bonds. The van der Waals surface area contributed by atoms with Gasteiger partial charge < -0.3 is 9.47 Å². The fraction of sp³-hybridized carbons (Fsp3) is 0.438.